The molecule has 0 radical (unpaired) electrons. The minimum Gasteiger partial charge on any atom is -0.248 e. The molecule has 0 aliphatic carbocycles. The van der Waals surface area contributed by atoms with Gasteiger partial charge < -0.3 is 0 Å². The molecular formula is C14H15ClN2O2S2. The Morgan fingerprint density at radius 3 is 2.90 bits per heavy atom. The predicted molar refractivity (Wildman–Crippen MR) is 84.2 cm³/mol. The summed E-state index contributed by atoms with van der Waals surface area (Å²) in [5.74, 6) is 0. The molecule has 0 amide bonds. The number of hydrogen-bond acceptors (Lipinski definition) is 4. The zero-order valence-electron chi connectivity index (χ0n) is 11.5. The van der Waals surface area contributed by atoms with Gasteiger partial charge in [0.05, 0.1) is 10.9 Å². The number of nitrogens with zero attached hydrogens (tertiary/aromatic N) is 2. The molecule has 1 aliphatic heterocycles. The highest BCUT2D eigenvalue weighted by Crippen LogP contribution is 2.37. The lowest BCUT2D eigenvalue weighted by Crippen LogP contribution is -2.30. The average Bonchev–Trinajstić information content (AvgIpc) is 3.11. The van der Waals surface area contributed by atoms with Gasteiger partial charge in [-0.1, -0.05) is 17.7 Å². The summed E-state index contributed by atoms with van der Waals surface area (Å²) in [7, 11) is -3.54. The number of sulfonamides is 1. The molecule has 7 heteroatoms. The number of hydrogen-bond donors (Lipinski definition) is 0. The summed E-state index contributed by atoms with van der Waals surface area (Å²) in [5.41, 5.74) is 0.869. The van der Waals surface area contributed by atoms with Crippen LogP contribution in [0.2, 0.25) is 5.02 Å². The fraction of sp³-hybridized carbons (Fsp3) is 0.357. The van der Waals surface area contributed by atoms with E-state index in [0.29, 0.717) is 11.6 Å². The van der Waals surface area contributed by atoms with Gasteiger partial charge in [-0.15, -0.1) is 11.3 Å². The zero-order chi connectivity index (χ0) is 15.0. The molecule has 21 heavy (non-hydrogen) atoms. The van der Waals surface area contributed by atoms with Crippen LogP contribution in [0.15, 0.2) is 34.7 Å². The molecule has 1 aromatic carbocycles. The minimum atomic E-state index is -3.54. The van der Waals surface area contributed by atoms with Gasteiger partial charge in [0.25, 0.3) is 0 Å². The maximum atomic E-state index is 12.8. The van der Waals surface area contributed by atoms with Crippen molar-refractivity contribution in [2.24, 2.45) is 0 Å². The van der Waals surface area contributed by atoms with E-state index in [-0.39, 0.29) is 10.9 Å². The quantitative estimate of drug-likeness (QED) is 0.855. The van der Waals surface area contributed by atoms with E-state index >= 15 is 0 Å². The van der Waals surface area contributed by atoms with Crippen LogP contribution in [0.3, 0.4) is 0 Å². The zero-order valence-corrected chi connectivity index (χ0v) is 13.9. The van der Waals surface area contributed by atoms with Crippen LogP contribution in [0.5, 0.6) is 0 Å². The molecule has 112 valence electrons. The first-order valence-corrected chi connectivity index (χ1v) is 9.37. The van der Waals surface area contributed by atoms with Crippen LogP contribution in [0.4, 0.5) is 0 Å². The van der Waals surface area contributed by atoms with Crippen LogP contribution in [-0.4, -0.2) is 24.3 Å². The maximum absolute atomic E-state index is 12.8. The molecule has 0 spiro atoms. The lowest BCUT2D eigenvalue weighted by molar-refractivity contribution is 0.395. The van der Waals surface area contributed by atoms with Crippen LogP contribution >= 0.6 is 22.9 Å². The Morgan fingerprint density at radius 2 is 2.24 bits per heavy atom. The van der Waals surface area contributed by atoms with E-state index in [0.717, 1.165) is 23.4 Å². The number of aryl methyl sites for hydroxylation is 1. The second-order valence-corrected chi connectivity index (χ2v) is 8.28. The van der Waals surface area contributed by atoms with Gasteiger partial charge in [-0.3, -0.25) is 0 Å². The summed E-state index contributed by atoms with van der Waals surface area (Å²) in [6.45, 7) is 2.38. The highest BCUT2D eigenvalue weighted by atomic mass is 35.5. The van der Waals surface area contributed by atoms with Crippen molar-refractivity contribution in [1.29, 1.82) is 0 Å². The Balaban J connectivity index is 1.99. The second-order valence-electron chi connectivity index (χ2n) is 5.06. The Morgan fingerprint density at radius 1 is 1.43 bits per heavy atom. The van der Waals surface area contributed by atoms with Crippen LogP contribution < -0.4 is 0 Å². The lowest BCUT2D eigenvalue weighted by Gasteiger charge is -2.22. The predicted octanol–water partition coefficient (Wildman–Crippen LogP) is 3.63. The first-order valence-electron chi connectivity index (χ1n) is 6.67. The molecular weight excluding hydrogens is 328 g/mol. The molecule has 1 aliphatic rings. The second kappa shape index (κ2) is 5.68. The van der Waals surface area contributed by atoms with Gasteiger partial charge in [0.1, 0.15) is 5.01 Å². The highest BCUT2D eigenvalue weighted by Gasteiger charge is 2.37. The lowest BCUT2D eigenvalue weighted by atomic mass is 10.2. The fourth-order valence-electron chi connectivity index (χ4n) is 2.54. The standard InChI is InChI=1S/C14H15ClN2O2S2/c1-10-4-5-11(9-12(10)15)21(18,19)17-7-2-3-13(17)14-16-6-8-20-14/h4-6,8-9,13H,2-3,7H2,1H3. The van der Waals surface area contributed by atoms with Gasteiger partial charge in [0.2, 0.25) is 10.0 Å². The number of benzene rings is 1. The van der Waals surface area contributed by atoms with Crippen molar-refractivity contribution in [3.05, 3.63) is 45.4 Å². The van der Waals surface area contributed by atoms with Crippen LogP contribution in [0, 0.1) is 6.92 Å². The first-order chi connectivity index (χ1) is 10.00. The molecule has 1 aromatic heterocycles. The van der Waals surface area contributed by atoms with Crippen molar-refractivity contribution in [1.82, 2.24) is 9.29 Å². The van der Waals surface area contributed by atoms with E-state index in [9.17, 15) is 8.42 Å². The molecule has 0 saturated carbocycles. The number of rotatable bonds is 3. The van der Waals surface area contributed by atoms with Gasteiger partial charge in [-0.05, 0) is 37.5 Å². The van der Waals surface area contributed by atoms with Crippen molar-refractivity contribution >= 4 is 33.0 Å². The first kappa shape index (κ1) is 15.0. The van der Waals surface area contributed by atoms with Crippen LogP contribution in [0.25, 0.3) is 0 Å². The third-order valence-electron chi connectivity index (χ3n) is 3.69. The highest BCUT2D eigenvalue weighted by molar-refractivity contribution is 7.89. The smallest absolute Gasteiger partial charge is 0.243 e. The summed E-state index contributed by atoms with van der Waals surface area (Å²) in [4.78, 5) is 4.53. The molecule has 0 N–H and O–H groups in total. The normalized spacial score (nSPS) is 20.0. The molecule has 0 bridgehead atoms. The largest absolute Gasteiger partial charge is 0.248 e. The van der Waals surface area contributed by atoms with Crippen LogP contribution in [0.1, 0.15) is 29.5 Å². The van der Waals surface area contributed by atoms with E-state index in [1.165, 1.54) is 17.4 Å². The summed E-state index contributed by atoms with van der Waals surface area (Å²) in [6, 6.07) is 4.73. The third kappa shape index (κ3) is 2.73. The molecule has 1 fully saturated rings. The monoisotopic (exact) mass is 342 g/mol. The van der Waals surface area contributed by atoms with Crippen molar-refractivity contribution < 1.29 is 8.42 Å². The van der Waals surface area contributed by atoms with Crippen LogP contribution in [-0.2, 0) is 10.0 Å². The summed E-state index contributed by atoms with van der Waals surface area (Å²) >= 11 is 7.57. The Hall–Kier alpha value is -0.950. The summed E-state index contributed by atoms with van der Waals surface area (Å²) in [6.07, 6.45) is 3.38. The maximum Gasteiger partial charge on any atom is 0.243 e. The van der Waals surface area contributed by atoms with Gasteiger partial charge >= 0.3 is 0 Å². The van der Waals surface area contributed by atoms with Gasteiger partial charge in [-0.25, -0.2) is 13.4 Å². The molecule has 4 nitrogen and oxygen atoms in total. The van der Waals surface area contributed by atoms with Gasteiger partial charge in [0.15, 0.2) is 0 Å². The van der Waals surface area contributed by atoms with E-state index in [2.05, 4.69) is 4.98 Å². The summed E-state index contributed by atoms with van der Waals surface area (Å²) in [5, 5.41) is 3.21. The minimum absolute atomic E-state index is 0.157. The number of aromatic nitrogens is 1. The SMILES string of the molecule is Cc1ccc(S(=O)(=O)N2CCCC2c2nccs2)cc1Cl. The van der Waals surface area contributed by atoms with Crippen molar-refractivity contribution in [3.63, 3.8) is 0 Å². The Kier molecular flexibility index (Phi) is 4.05. The van der Waals surface area contributed by atoms with Crippen molar-refractivity contribution in [2.45, 2.75) is 30.7 Å². The molecule has 2 aromatic rings. The van der Waals surface area contributed by atoms with E-state index in [4.69, 9.17) is 11.6 Å². The molecule has 1 unspecified atom stereocenters. The molecule has 2 heterocycles. The topological polar surface area (TPSA) is 50.3 Å². The van der Waals surface area contributed by atoms with E-state index < -0.39 is 10.0 Å². The van der Waals surface area contributed by atoms with Gasteiger partial charge in [-0.2, -0.15) is 4.31 Å². The molecule has 1 saturated heterocycles. The van der Waals surface area contributed by atoms with Gasteiger partial charge in [0, 0.05) is 23.1 Å². The molecule has 3 rings (SSSR count). The number of halogens is 1. The van der Waals surface area contributed by atoms with E-state index in [1.807, 2.05) is 12.3 Å². The molecule has 1 atom stereocenters. The Labute approximate surface area is 133 Å². The van der Waals surface area contributed by atoms with E-state index in [1.54, 1.807) is 22.6 Å². The Bertz CT molecular complexity index is 744. The number of thiazole rings is 1. The van der Waals surface area contributed by atoms with Crippen molar-refractivity contribution in [2.75, 3.05) is 6.54 Å². The summed E-state index contributed by atoms with van der Waals surface area (Å²) < 4.78 is 27.2. The fourth-order valence-corrected chi connectivity index (χ4v) is 5.33. The third-order valence-corrected chi connectivity index (χ3v) is 6.88. The average molecular weight is 343 g/mol. The van der Waals surface area contributed by atoms with Crippen molar-refractivity contribution in [3.8, 4) is 0 Å².